The molecular formula is C16H25ClFN3. The van der Waals surface area contributed by atoms with Gasteiger partial charge < -0.3 is 10.6 Å². The molecule has 1 aromatic rings. The van der Waals surface area contributed by atoms with E-state index in [1.54, 1.807) is 12.1 Å². The molecule has 0 aliphatic carbocycles. The molecule has 0 spiro atoms. The Labute approximate surface area is 131 Å². The Morgan fingerprint density at radius 2 is 2.10 bits per heavy atom. The van der Waals surface area contributed by atoms with Gasteiger partial charge in [0.2, 0.25) is 0 Å². The Morgan fingerprint density at radius 1 is 1.43 bits per heavy atom. The SMILES string of the molecule is CCN1CCC(N(C)C(CN)c2ccc(Cl)cc2F)CC1. The summed E-state index contributed by atoms with van der Waals surface area (Å²) < 4.78 is 14.2. The molecule has 0 amide bonds. The Kier molecular flexibility index (Phi) is 5.99. The molecule has 1 aliphatic heterocycles. The van der Waals surface area contributed by atoms with Crippen molar-refractivity contribution >= 4 is 11.6 Å². The van der Waals surface area contributed by atoms with Crippen LogP contribution in [0.25, 0.3) is 0 Å². The molecular weight excluding hydrogens is 289 g/mol. The molecule has 1 aliphatic rings. The largest absolute Gasteiger partial charge is 0.329 e. The normalized spacial score (nSPS) is 19.1. The first-order chi connectivity index (χ1) is 10.1. The first kappa shape index (κ1) is 16.7. The van der Waals surface area contributed by atoms with Crippen molar-refractivity contribution in [1.82, 2.24) is 9.80 Å². The monoisotopic (exact) mass is 313 g/mol. The topological polar surface area (TPSA) is 32.5 Å². The fourth-order valence-corrected chi connectivity index (χ4v) is 3.34. The minimum Gasteiger partial charge on any atom is -0.329 e. The van der Waals surface area contributed by atoms with Crippen LogP contribution in [-0.4, -0.2) is 49.1 Å². The van der Waals surface area contributed by atoms with Crippen LogP contribution in [0.5, 0.6) is 0 Å². The van der Waals surface area contributed by atoms with Gasteiger partial charge in [-0.3, -0.25) is 4.90 Å². The van der Waals surface area contributed by atoms with Gasteiger partial charge in [0.1, 0.15) is 5.82 Å². The van der Waals surface area contributed by atoms with Crippen molar-refractivity contribution in [3.05, 3.63) is 34.6 Å². The number of rotatable bonds is 5. The summed E-state index contributed by atoms with van der Waals surface area (Å²) in [5.41, 5.74) is 6.56. The van der Waals surface area contributed by atoms with E-state index in [0.29, 0.717) is 23.2 Å². The highest BCUT2D eigenvalue weighted by Gasteiger charge is 2.28. The summed E-state index contributed by atoms with van der Waals surface area (Å²) in [5.74, 6) is -0.268. The first-order valence-corrected chi connectivity index (χ1v) is 8.04. The summed E-state index contributed by atoms with van der Waals surface area (Å²) in [6.45, 7) is 5.90. The van der Waals surface area contributed by atoms with Crippen LogP contribution in [0.4, 0.5) is 4.39 Å². The van der Waals surface area contributed by atoms with E-state index < -0.39 is 0 Å². The van der Waals surface area contributed by atoms with E-state index in [0.717, 1.165) is 32.5 Å². The fraction of sp³-hybridized carbons (Fsp3) is 0.625. The lowest BCUT2D eigenvalue weighted by atomic mass is 9.98. The Hall–Kier alpha value is -0.680. The smallest absolute Gasteiger partial charge is 0.129 e. The van der Waals surface area contributed by atoms with Crippen LogP contribution in [-0.2, 0) is 0 Å². The molecule has 0 saturated carbocycles. The van der Waals surface area contributed by atoms with Crippen LogP contribution >= 0.6 is 11.6 Å². The maximum absolute atomic E-state index is 14.2. The molecule has 0 aromatic heterocycles. The second-order valence-electron chi connectivity index (χ2n) is 5.75. The van der Waals surface area contributed by atoms with Crippen molar-refractivity contribution in [2.75, 3.05) is 33.2 Å². The maximum atomic E-state index is 14.2. The third-order valence-electron chi connectivity index (χ3n) is 4.62. The zero-order valence-corrected chi connectivity index (χ0v) is 13.6. The van der Waals surface area contributed by atoms with Gasteiger partial charge in [0, 0.05) is 29.2 Å². The molecule has 1 unspecified atom stereocenters. The minimum absolute atomic E-state index is 0.0968. The number of piperidine rings is 1. The molecule has 21 heavy (non-hydrogen) atoms. The van der Waals surface area contributed by atoms with Crippen molar-refractivity contribution in [2.24, 2.45) is 5.73 Å². The van der Waals surface area contributed by atoms with E-state index in [1.165, 1.54) is 6.07 Å². The standard InChI is InChI=1S/C16H25ClFN3/c1-3-21-8-6-13(7-9-21)20(2)16(11-19)14-5-4-12(17)10-15(14)18/h4-5,10,13,16H,3,6-9,11,19H2,1-2H3. The molecule has 3 nitrogen and oxygen atoms in total. The van der Waals surface area contributed by atoms with Gasteiger partial charge in [-0.1, -0.05) is 24.6 Å². The van der Waals surface area contributed by atoms with Crippen LogP contribution in [0.15, 0.2) is 18.2 Å². The molecule has 2 rings (SSSR count). The molecule has 0 bridgehead atoms. The quantitative estimate of drug-likeness (QED) is 0.907. The predicted molar refractivity (Wildman–Crippen MR) is 86.1 cm³/mol. The van der Waals surface area contributed by atoms with E-state index in [1.807, 2.05) is 0 Å². The number of hydrogen-bond donors (Lipinski definition) is 1. The summed E-state index contributed by atoms with van der Waals surface area (Å²) in [5, 5.41) is 0.422. The molecule has 1 aromatic carbocycles. The second kappa shape index (κ2) is 7.54. The van der Waals surface area contributed by atoms with Gasteiger partial charge in [-0.05, 0) is 51.7 Å². The molecule has 1 fully saturated rings. The number of likely N-dealkylation sites (N-methyl/N-ethyl adjacent to an activating group) is 1. The average Bonchev–Trinajstić information content (AvgIpc) is 2.50. The molecule has 1 saturated heterocycles. The van der Waals surface area contributed by atoms with Crippen molar-refractivity contribution in [1.29, 1.82) is 0 Å². The molecule has 5 heteroatoms. The number of nitrogens with zero attached hydrogens (tertiary/aromatic N) is 2. The van der Waals surface area contributed by atoms with Crippen LogP contribution in [0.3, 0.4) is 0 Å². The Balaban J connectivity index is 2.10. The fourth-order valence-electron chi connectivity index (χ4n) is 3.18. The lowest BCUT2D eigenvalue weighted by molar-refractivity contribution is 0.0994. The highest BCUT2D eigenvalue weighted by atomic mass is 35.5. The zero-order chi connectivity index (χ0) is 15.4. The summed E-state index contributed by atoms with van der Waals surface area (Å²) in [7, 11) is 2.05. The van der Waals surface area contributed by atoms with Gasteiger partial charge in [-0.15, -0.1) is 0 Å². The lowest BCUT2D eigenvalue weighted by Gasteiger charge is -2.40. The van der Waals surface area contributed by atoms with Crippen molar-refractivity contribution in [3.8, 4) is 0 Å². The first-order valence-electron chi connectivity index (χ1n) is 7.66. The lowest BCUT2D eigenvalue weighted by Crippen LogP contribution is -2.46. The number of hydrogen-bond acceptors (Lipinski definition) is 3. The van der Waals surface area contributed by atoms with Gasteiger partial charge in [0.05, 0.1) is 0 Å². The van der Waals surface area contributed by atoms with Crippen LogP contribution < -0.4 is 5.73 Å². The Bertz CT molecular complexity index is 461. The summed E-state index contributed by atoms with van der Waals surface area (Å²) in [4.78, 5) is 4.68. The summed E-state index contributed by atoms with van der Waals surface area (Å²) in [6.07, 6.45) is 2.21. The number of likely N-dealkylation sites (tertiary alicyclic amines) is 1. The van der Waals surface area contributed by atoms with Gasteiger partial charge in [0.25, 0.3) is 0 Å². The van der Waals surface area contributed by atoms with E-state index in [-0.39, 0.29) is 11.9 Å². The van der Waals surface area contributed by atoms with Crippen molar-refractivity contribution in [3.63, 3.8) is 0 Å². The third kappa shape index (κ3) is 3.95. The average molecular weight is 314 g/mol. The van der Waals surface area contributed by atoms with Gasteiger partial charge >= 0.3 is 0 Å². The van der Waals surface area contributed by atoms with Gasteiger partial charge in [-0.25, -0.2) is 4.39 Å². The Morgan fingerprint density at radius 3 is 2.62 bits per heavy atom. The number of halogens is 2. The van der Waals surface area contributed by atoms with Gasteiger partial charge in [-0.2, -0.15) is 0 Å². The number of benzene rings is 1. The second-order valence-corrected chi connectivity index (χ2v) is 6.18. The van der Waals surface area contributed by atoms with Crippen molar-refractivity contribution in [2.45, 2.75) is 31.8 Å². The predicted octanol–water partition coefficient (Wildman–Crippen LogP) is 2.90. The third-order valence-corrected chi connectivity index (χ3v) is 4.85. The molecule has 118 valence electrons. The zero-order valence-electron chi connectivity index (χ0n) is 12.9. The van der Waals surface area contributed by atoms with Gasteiger partial charge in [0.15, 0.2) is 0 Å². The molecule has 1 heterocycles. The molecule has 0 radical (unpaired) electrons. The highest BCUT2D eigenvalue weighted by Crippen LogP contribution is 2.28. The van der Waals surface area contributed by atoms with E-state index in [9.17, 15) is 4.39 Å². The van der Waals surface area contributed by atoms with E-state index >= 15 is 0 Å². The van der Waals surface area contributed by atoms with Crippen LogP contribution in [0.1, 0.15) is 31.4 Å². The summed E-state index contributed by atoms with van der Waals surface area (Å²) in [6, 6.07) is 5.22. The van der Waals surface area contributed by atoms with Crippen molar-refractivity contribution < 1.29 is 4.39 Å². The maximum Gasteiger partial charge on any atom is 0.129 e. The van der Waals surface area contributed by atoms with Crippen LogP contribution in [0, 0.1) is 5.82 Å². The number of nitrogens with two attached hydrogens (primary N) is 1. The minimum atomic E-state index is -0.268. The molecule has 1 atom stereocenters. The molecule has 2 N–H and O–H groups in total. The van der Waals surface area contributed by atoms with Crippen LogP contribution in [0.2, 0.25) is 5.02 Å². The summed E-state index contributed by atoms with van der Waals surface area (Å²) >= 11 is 5.83. The highest BCUT2D eigenvalue weighted by molar-refractivity contribution is 6.30. The van der Waals surface area contributed by atoms with E-state index in [2.05, 4.69) is 23.8 Å². The van der Waals surface area contributed by atoms with E-state index in [4.69, 9.17) is 17.3 Å².